The third-order valence-corrected chi connectivity index (χ3v) is 11.9. The van der Waals surface area contributed by atoms with Gasteiger partial charge in [-0.2, -0.15) is 26.3 Å². The summed E-state index contributed by atoms with van der Waals surface area (Å²) in [5.74, 6) is -0.895. The average Bonchev–Trinajstić information content (AvgIpc) is 3.70. The molecule has 47 heavy (non-hydrogen) atoms. The van der Waals surface area contributed by atoms with E-state index >= 15 is 0 Å². The van der Waals surface area contributed by atoms with Crippen molar-refractivity contribution in [2.24, 2.45) is 0 Å². The first kappa shape index (κ1) is 34.9. The Kier molecular flexibility index (Phi) is 9.34. The molecule has 2 aliphatic heterocycles. The number of benzene rings is 2. The van der Waals surface area contributed by atoms with Gasteiger partial charge >= 0.3 is 18.4 Å². The average molecular weight is 694 g/mol. The molecule has 258 valence electrons. The van der Waals surface area contributed by atoms with Crippen LogP contribution >= 0.6 is 0 Å². The Hall–Kier alpha value is -3.40. The minimum atomic E-state index is -5.91. The van der Waals surface area contributed by atoms with Gasteiger partial charge in [-0.05, 0) is 49.1 Å². The van der Waals surface area contributed by atoms with E-state index in [0.717, 1.165) is 36.4 Å². The van der Waals surface area contributed by atoms with Gasteiger partial charge in [0.1, 0.15) is 10.6 Å². The van der Waals surface area contributed by atoms with Gasteiger partial charge in [-0.3, -0.25) is 4.79 Å². The molecule has 3 aliphatic rings. The Balaban J connectivity index is 1.55. The molecule has 2 aromatic carbocycles. The maximum Gasteiger partial charge on any atom is 0.430 e. The molecule has 0 radical (unpaired) electrons. The molecule has 0 spiro atoms. The lowest BCUT2D eigenvalue weighted by atomic mass is 9.88. The Morgan fingerprint density at radius 3 is 1.83 bits per heavy atom. The van der Waals surface area contributed by atoms with E-state index in [4.69, 9.17) is 4.74 Å². The van der Waals surface area contributed by atoms with E-state index in [2.05, 4.69) is 0 Å². The van der Waals surface area contributed by atoms with Gasteiger partial charge in [-0.15, -0.1) is 0 Å². The highest BCUT2D eigenvalue weighted by molar-refractivity contribution is 7.92. The van der Waals surface area contributed by atoms with Crippen LogP contribution in [0.15, 0.2) is 53.4 Å². The third-order valence-electron chi connectivity index (χ3n) is 9.40. The number of piperazine rings is 1. The summed E-state index contributed by atoms with van der Waals surface area (Å²) in [6.45, 7) is 1.70. The summed E-state index contributed by atoms with van der Waals surface area (Å²) in [5, 5.41) is 0. The highest BCUT2D eigenvalue weighted by Gasteiger charge is 2.74. The Labute approximate surface area is 267 Å². The summed E-state index contributed by atoms with van der Waals surface area (Å²) in [7, 11) is -4.52. The van der Waals surface area contributed by atoms with Gasteiger partial charge in [0.05, 0.1) is 11.0 Å². The number of urea groups is 1. The van der Waals surface area contributed by atoms with Crippen molar-refractivity contribution in [1.82, 2.24) is 14.7 Å². The van der Waals surface area contributed by atoms with Crippen LogP contribution in [-0.2, 0) is 29.7 Å². The van der Waals surface area contributed by atoms with Crippen LogP contribution in [0.2, 0.25) is 0 Å². The van der Waals surface area contributed by atoms with Gasteiger partial charge in [0.15, 0.2) is 9.84 Å². The van der Waals surface area contributed by atoms with E-state index in [-0.39, 0.29) is 68.4 Å². The molecule has 1 saturated carbocycles. The summed E-state index contributed by atoms with van der Waals surface area (Å²) in [4.78, 5) is 29.1. The van der Waals surface area contributed by atoms with Gasteiger partial charge in [0.25, 0.3) is 5.60 Å². The summed E-state index contributed by atoms with van der Waals surface area (Å²) < 4.78 is 132. The number of hydrogen-bond donors (Lipinski definition) is 0. The first-order valence-corrected chi connectivity index (χ1v) is 16.6. The van der Waals surface area contributed by atoms with E-state index in [9.17, 15) is 48.7 Å². The summed E-state index contributed by atoms with van der Waals surface area (Å²) in [6.07, 6.45) is -12.5. The number of hydrogen-bond acceptors (Lipinski definition) is 5. The number of amides is 3. The Bertz CT molecular complexity index is 1550. The van der Waals surface area contributed by atoms with E-state index < -0.39 is 62.6 Å². The number of nitrogens with zero attached hydrogens (tertiary/aromatic N) is 3. The zero-order chi connectivity index (χ0) is 34.4. The van der Waals surface area contributed by atoms with Gasteiger partial charge in [0, 0.05) is 51.8 Å². The van der Waals surface area contributed by atoms with Crippen LogP contribution in [-0.4, -0.2) is 92.8 Å². The molecule has 0 bridgehead atoms. The van der Waals surface area contributed by atoms with E-state index in [0.29, 0.717) is 25.0 Å². The number of alkyl halides is 6. The number of rotatable bonds is 6. The first-order valence-electron chi connectivity index (χ1n) is 15.1. The van der Waals surface area contributed by atoms with Crippen molar-refractivity contribution >= 4 is 21.8 Å². The SMILES string of the molecule is CC(=O)N1CCN(C(=O)N2CC[C@](c3ccc(C(OC4CCCC4)(C(F)(F)F)C(F)(F)F)cc3)(S(=O)(=O)c3ccc(F)cc3)C2)CC1. The molecular formula is C31H34F7N3O5S. The molecular weight excluding hydrogens is 659 g/mol. The molecule has 0 unspecified atom stereocenters. The minimum Gasteiger partial charge on any atom is -0.351 e. The molecule has 1 aliphatic carbocycles. The van der Waals surface area contributed by atoms with Crippen LogP contribution < -0.4 is 0 Å². The van der Waals surface area contributed by atoms with Crippen LogP contribution in [0.5, 0.6) is 0 Å². The van der Waals surface area contributed by atoms with Crippen molar-refractivity contribution < 1.29 is 53.5 Å². The predicted molar refractivity (Wildman–Crippen MR) is 154 cm³/mol. The summed E-state index contributed by atoms with van der Waals surface area (Å²) in [6, 6.07) is 6.30. The van der Waals surface area contributed by atoms with Gasteiger partial charge < -0.3 is 19.4 Å². The molecule has 5 rings (SSSR count). The second-order valence-electron chi connectivity index (χ2n) is 12.2. The van der Waals surface area contributed by atoms with Crippen LogP contribution in [0.1, 0.15) is 50.2 Å². The number of carbonyl (C=O) groups is 2. The molecule has 2 aromatic rings. The Morgan fingerprint density at radius 1 is 0.787 bits per heavy atom. The Morgan fingerprint density at radius 2 is 1.32 bits per heavy atom. The standard InChI is InChI=1S/C31H34F7N3O5S/c1-21(42)39-16-18-40(19-17-39)27(43)41-15-14-28(20-41,47(44,45)26-12-10-24(32)11-13-26)22-6-8-23(9-7-22)29(30(33,34)35,31(36,37)38)46-25-4-2-3-5-25/h6-13,25H,2-5,14-20H2,1H3/t28-/m0/s1. The molecule has 16 heteroatoms. The number of likely N-dealkylation sites (tertiary alicyclic amines) is 1. The van der Waals surface area contributed by atoms with E-state index in [1.165, 1.54) is 16.7 Å². The fourth-order valence-electron chi connectivity index (χ4n) is 6.76. The number of halogens is 7. The van der Waals surface area contributed by atoms with Crippen molar-refractivity contribution in [1.29, 1.82) is 0 Å². The third kappa shape index (κ3) is 6.18. The van der Waals surface area contributed by atoms with Gasteiger partial charge in [-0.1, -0.05) is 37.1 Å². The van der Waals surface area contributed by atoms with Crippen molar-refractivity contribution in [3.63, 3.8) is 0 Å². The second kappa shape index (κ2) is 12.6. The van der Waals surface area contributed by atoms with Crippen molar-refractivity contribution in [3.05, 3.63) is 65.5 Å². The fraction of sp³-hybridized carbons (Fsp3) is 0.548. The lowest BCUT2D eigenvalue weighted by molar-refractivity contribution is -0.398. The molecule has 2 heterocycles. The molecule has 1 atom stereocenters. The van der Waals surface area contributed by atoms with E-state index in [1.807, 2.05) is 0 Å². The van der Waals surface area contributed by atoms with Crippen molar-refractivity contribution in [2.75, 3.05) is 39.3 Å². The molecule has 2 saturated heterocycles. The minimum absolute atomic E-state index is 0.0265. The lowest BCUT2D eigenvalue weighted by Gasteiger charge is -2.39. The molecule has 3 amide bonds. The van der Waals surface area contributed by atoms with Crippen LogP contribution in [0, 0.1) is 5.82 Å². The highest BCUT2D eigenvalue weighted by atomic mass is 32.2. The maximum absolute atomic E-state index is 14.5. The normalized spacial score (nSPS) is 21.8. The monoisotopic (exact) mass is 693 g/mol. The van der Waals surface area contributed by atoms with Gasteiger partial charge in [0.2, 0.25) is 5.91 Å². The first-order chi connectivity index (χ1) is 21.9. The van der Waals surface area contributed by atoms with Crippen LogP contribution in [0.3, 0.4) is 0 Å². The zero-order valence-electron chi connectivity index (χ0n) is 25.4. The number of ether oxygens (including phenoxy) is 1. The molecule has 3 fully saturated rings. The summed E-state index contributed by atoms with van der Waals surface area (Å²) in [5.41, 5.74) is -6.05. The fourth-order valence-corrected chi connectivity index (χ4v) is 8.84. The highest BCUT2D eigenvalue weighted by Crippen LogP contribution is 2.55. The van der Waals surface area contributed by atoms with Crippen LogP contribution in [0.25, 0.3) is 0 Å². The molecule has 8 nitrogen and oxygen atoms in total. The van der Waals surface area contributed by atoms with Crippen molar-refractivity contribution in [2.45, 2.75) is 72.7 Å². The van der Waals surface area contributed by atoms with Crippen LogP contribution in [0.4, 0.5) is 35.5 Å². The smallest absolute Gasteiger partial charge is 0.351 e. The van der Waals surface area contributed by atoms with Gasteiger partial charge in [-0.25, -0.2) is 17.6 Å². The lowest BCUT2D eigenvalue weighted by Crippen LogP contribution is -2.57. The second-order valence-corrected chi connectivity index (χ2v) is 14.4. The number of carbonyl (C=O) groups excluding carboxylic acids is 2. The molecule has 0 N–H and O–H groups in total. The maximum atomic E-state index is 14.5. The van der Waals surface area contributed by atoms with E-state index in [1.54, 1.807) is 4.90 Å². The quantitative estimate of drug-likeness (QED) is 0.284. The largest absolute Gasteiger partial charge is 0.430 e. The molecule has 0 aromatic heterocycles. The number of sulfone groups is 1. The topological polar surface area (TPSA) is 87.2 Å². The zero-order valence-corrected chi connectivity index (χ0v) is 26.2. The summed E-state index contributed by atoms with van der Waals surface area (Å²) >= 11 is 0. The van der Waals surface area contributed by atoms with Crippen molar-refractivity contribution in [3.8, 4) is 0 Å². The predicted octanol–water partition coefficient (Wildman–Crippen LogP) is 5.76.